The maximum Gasteiger partial charge on any atom is 0.319 e. The Labute approximate surface area is 136 Å². The second-order valence-corrected chi connectivity index (χ2v) is 15.6. The van der Waals surface area contributed by atoms with Gasteiger partial charge in [0.1, 0.15) is 0 Å². The predicted octanol–water partition coefficient (Wildman–Crippen LogP) is 3.44. The minimum Gasteiger partial charge on any atom is -0.319 e. The summed E-state index contributed by atoms with van der Waals surface area (Å²) in [4.78, 5) is 1.47. The van der Waals surface area contributed by atoms with Crippen molar-refractivity contribution in [2.75, 3.05) is 18.5 Å². The van der Waals surface area contributed by atoms with Crippen molar-refractivity contribution in [1.82, 2.24) is 5.32 Å². The zero-order valence-electron chi connectivity index (χ0n) is 12.7. The number of unbranched alkanes of at least 4 members (excludes halogenated alkanes) is 1. The average Bonchev–Trinajstić information content (AvgIpc) is 2.86. The number of rotatable bonds is 11. The second kappa shape index (κ2) is 9.31. The number of thiophene rings is 1. The van der Waals surface area contributed by atoms with Crippen LogP contribution in [-0.4, -0.2) is 39.5 Å². The molecule has 0 fully saturated rings. The highest BCUT2D eigenvalue weighted by Crippen LogP contribution is 2.17. The van der Waals surface area contributed by atoms with E-state index in [0.717, 1.165) is 6.17 Å². The van der Waals surface area contributed by atoms with Gasteiger partial charge >= 0.3 is 9.15 Å². The Bertz CT molecular complexity index is 489. The van der Waals surface area contributed by atoms with E-state index >= 15 is 0 Å². The molecule has 122 valence electrons. The number of hydrogen-bond acceptors (Lipinski definition) is 5. The maximum absolute atomic E-state index is 10.6. The minimum atomic E-state index is -3.89. The van der Waals surface area contributed by atoms with E-state index in [0.29, 0.717) is 23.1 Å². The number of nitrogens with one attached hydrogen (secondary N) is 1. The van der Waals surface area contributed by atoms with E-state index in [1.54, 1.807) is 0 Å². The predicted molar refractivity (Wildman–Crippen MR) is 96.4 cm³/mol. The Hall–Kier alpha value is 0.137. The lowest BCUT2D eigenvalue weighted by atomic mass is 10.2. The summed E-state index contributed by atoms with van der Waals surface area (Å²) in [5.74, 6) is 0.391. The molecule has 0 aliphatic rings. The van der Waals surface area contributed by atoms with Crippen LogP contribution >= 0.6 is 22.1 Å². The molecule has 0 saturated carbocycles. The van der Waals surface area contributed by atoms with Crippen molar-refractivity contribution in [3.63, 3.8) is 0 Å². The molecule has 0 aliphatic carbocycles. The van der Waals surface area contributed by atoms with Gasteiger partial charge < -0.3 is 5.32 Å². The minimum absolute atomic E-state index is 0.391. The topological polar surface area (TPSA) is 66.4 Å². The van der Waals surface area contributed by atoms with Gasteiger partial charge in [-0.25, -0.2) is 0 Å². The van der Waals surface area contributed by atoms with Gasteiger partial charge in [0.2, 0.25) is 0 Å². The molecule has 21 heavy (non-hydrogen) atoms. The molecule has 1 heterocycles. The van der Waals surface area contributed by atoms with Gasteiger partial charge in [-0.05, 0) is 41.3 Å². The molecule has 8 heteroatoms. The Morgan fingerprint density at radius 3 is 2.76 bits per heavy atom. The molecule has 0 amide bonds. The van der Waals surface area contributed by atoms with Crippen molar-refractivity contribution in [2.24, 2.45) is 0 Å². The fourth-order valence-electron chi connectivity index (χ4n) is 2.09. The lowest BCUT2D eigenvalue weighted by Crippen LogP contribution is -2.40. The van der Waals surface area contributed by atoms with Crippen molar-refractivity contribution < 1.29 is 13.0 Å². The van der Waals surface area contributed by atoms with Crippen LogP contribution < -0.4 is 5.32 Å². The molecule has 0 spiro atoms. The van der Waals surface area contributed by atoms with Crippen molar-refractivity contribution in [3.05, 3.63) is 22.4 Å². The molecule has 2 N–H and O–H groups in total. The van der Waals surface area contributed by atoms with Gasteiger partial charge in [0.15, 0.2) is 0 Å². The van der Waals surface area contributed by atoms with Crippen LogP contribution in [0.15, 0.2) is 17.5 Å². The Kier molecular flexibility index (Phi) is 8.51. The summed E-state index contributed by atoms with van der Waals surface area (Å²) in [6.07, 6.45) is 4.69. The maximum atomic E-state index is 10.6. The molecule has 0 radical (unpaired) electrons. The van der Waals surface area contributed by atoms with Gasteiger partial charge in [-0.3, -0.25) is 4.55 Å². The zero-order valence-corrected chi connectivity index (χ0v) is 16.1. The lowest BCUT2D eigenvalue weighted by Gasteiger charge is -2.22. The molecule has 1 aromatic heterocycles. The zero-order chi connectivity index (χ0) is 15.8. The smallest absolute Gasteiger partial charge is 0.319 e. The van der Waals surface area contributed by atoms with Crippen LogP contribution in [0.1, 0.15) is 17.7 Å². The van der Waals surface area contributed by atoms with E-state index < -0.39 is 17.2 Å². The van der Waals surface area contributed by atoms with Gasteiger partial charge in [0.25, 0.3) is 0 Å². The highest BCUT2D eigenvalue weighted by Gasteiger charge is 2.19. The van der Waals surface area contributed by atoms with E-state index in [-0.39, 0.29) is 0 Å². The molecule has 0 aromatic carbocycles. The summed E-state index contributed by atoms with van der Waals surface area (Å²) in [5, 5.41) is 5.45. The van der Waals surface area contributed by atoms with Crippen molar-refractivity contribution >= 4 is 39.4 Å². The second-order valence-electron chi connectivity index (χ2n) is 5.88. The van der Waals surface area contributed by atoms with Gasteiger partial charge in [0, 0.05) is 17.2 Å². The summed E-state index contributed by atoms with van der Waals surface area (Å²) < 4.78 is 29.7. The molecule has 0 aliphatic heterocycles. The third kappa shape index (κ3) is 10.5. The number of hydrogen-bond donors (Lipinski definition) is 2. The summed E-state index contributed by atoms with van der Waals surface area (Å²) >= 11 is 1.83. The van der Waals surface area contributed by atoms with Crippen LogP contribution in [0, 0.1) is 0 Å². The quantitative estimate of drug-likeness (QED) is 0.271. The first-order valence-corrected chi connectivity index (χ1v) is 14.4. The molecule has 0 saturated heterocycles. The van der Waals surface area contributed by atoms with Gasteiger partial charge in [-0.1, -0.05) is 31.6 Å². The summed E-state index contributed by atoms with van der Waals surface area (Å²) in [7, 11) is -4.55. The van der Waals surface area contributed by atoms with Crippen molar-refractivity contribution in [3.8, 4) is 0 Å². The molecule has 0 bridgehead atoms. The average molecular weight is 368 g/mol. The van der Waals surface area contributed by atoms with Crippen LogP contribution in [0.4, 0.5) is 0 Å². The monoisotopic (exact) mass is 367 g/mol. The van der Waals surface area contributed by atoms with Crippen molar-refractivity contribution in [1.29, 1.82) is 0 Å². The van der Waals surface area contributed by atoms with Gasteiger partial charge in [-0.15, -0.1) is 11.3 Å². The van der Waals surface area contributed by atoms with Crippen LogP contribution in [-0.2, 0) is 15.6 Å². The summed E-state index contributed by atoms with van der Waals surface area (Å²) in [6.45, 7) is 5.35. The SMILES string of the molecule is C[Si](C)(CCCCc1cccs1)CNCCSS(=O)(=O)O. The largest absolute Gasteiger partial charge is 0.319 e. The fourth-order valence-corrected chi connectivity index (χ4v) is 6.40. The molecule has 1 aromatic rings. The highest BCUT2D eigenvalue weighted by molar-refractivity contribution is 8.69. The van der Waals surface area contributed by atoms with Gasteiger partial charge in [0.05, 0.1) is 8.07 Å². The Morgan fingerprint density at radius 2 is 2.14 bits per heavy atom. The third-order valence-corrected chi connectivity index (χ3v) is 9.13. The summed E-state index contributed by atoms with van der Waals surface area (Å²) in [6, 6.07) is 5.59. The van der Waals surface area contributed by atoms with E-state index in [2.05, 4.69) is 35.9 Å². The normalized spacial score (nSPS) is 12.7. The first kappa shape index (κ1) is 19.2. The molecule has 0 atom stereocenters. The van der Waals surface area contributed by atoms with Crippen LogP contribution in [0.25, 0.3) is 0 Å². The van der Waals surface area contributed by atoms with E-state index in [9.17, 15) is 8.42 Å². The molecular weight excluding hydrogens is 342 g/mol. The standard InChI is InChI=1S/C13H25NO3S3Si/c1-21(2,12-14-8-10-19-20(15,16)17)11-4-3-6-13-7-5-9-18-13/h5,7,9,14H,3-4,6,8,10-12H2,1-2H3,(H,15,16,17). The van der Waals surface area contributed by atoms with Crippen molar-refractivity contribution in [2.45, 2.75) is 38.4 Å². The van der Waals surface area contributed by atoms with Gasteiger partial charge in [-0.2, -0.15) is 8.42 Å². The van der Waals surface area contributed by atoms with Crippen LogP contribution in [0.5, 0.6) is 0 Å². The fraction of sp³-hybridized carbons (Fsp3) is 0.692. The lowest BCUT2D eigenvalue weighted by molar-refractivity contribution is 0.503. The van der Waals surface area contributed by atoms with Crippen LogP contribution in [0.2, 0.25) is 19.1 Å². The summed E-state index contributed by atoms with van der Waals surface area (Å²) in [5.41, 5.74) is 0. The van der Waals surface area contributed by atoms with Crippen LogP contribution in [0.3, 0.4) is 0 Å². The Morgan fingerprint density at radius 1 is 1.38 bits per heavy atom. The third-order valence-electron chi connectivity index (χ3n) is 3.22. The first-order chi connectivity index (χ1) is 9.79. The Balaban J connectivity index is 2.07. The molecule has 4 nitrogen and oxygen atoms in total. The van der Waals surface area contributed by atoms with E-state index in [1.807, 2.05) is 11.3 Å². The number of aryl methyl sites for hydroxylation is 1. The molecular formula is C13H25NO3S3Si. The molecule has 1 rings (SSSR count). The molecule has 0 unspecified atom stereocenters. The first-order valence-electron chi connectivity index (χ1n) is 7.13. The highest BCUT2D eigenvalue weighted by atomic mass is 33.1. The van der Waals surface area contributed by atoms with E-state index in [1.165, 1.54) is 30.2 Å². The van der Waals surface area contributed by atoms with E-state index in [4.69, 9.17) is 4.55 Å².